The van der Waals surface area contributed by atoms with Gasteiger partial charge in [0.1, 0.15) is 0 Å². The third-order valence-electron chi connectivity index (χ3n) is 6.33. The Labute approximate surface area is 191 Å². The summed E-state index contributed by atoms with van der Waals surface area (Å²) in [6.07, 6.45) is 0.473. The van der Waals surface area contributed by atoms with E-state index in [-0.39, 0.29) is 0 Å². The molecule has 0 saturated carbocycles. The number of fused-ring (bicyclic) bond motifs is 1. The molecular weight excluding hydrogens is 432 g/mol. The van der Waals surface area contributed by atoms with Crippen LogP contribution in [0.4, 0.5) is 0 Å². The Morgan fingerprint density at radius 1 is 0.594 bits per heavy atom. The van der Waals surface area contributed by atoms with E-state index in [1.165, 1.54) is 0 Å². The topological polar surface area (TPSA) is 34.1 Å². The molecule has 156 valence electrons. The summed E-state index contributed by atoms with van der Waals surface area (Å²) in [4.78, 5) is 1.43. The lowest BCUT2D eigenvalue weighted by Gasteiger charge is -2.30. The highest BCUT2D eigenvalue weighted by Crippen LogP contribution is 2.50. The van der Waals surface area contributed by atoms with Crippen LogP contribution < -0.4 is 0 Å². The van der Waals surface area contributed by atoms with E-state index in [1.54, 1.807) is 0 Å². The first-order chi connectivity index (χ1) is 15.7. The van der Waals surface area contributed by atoms with Gasteiger partial charge >= 0.3 is 0 Å². The molecule has 3 unspecified atom stereocenters. The minimum atomic E-state index is -1.56. The highest BCUT2D eigenvalue weighted by molar-refractivity contribution is 8.03. The first kappa shape index (κ1) is 19.6. The number of hydrogen-bond donors (Lipinski definition) is 0. The zero-order valence-corrected chi connectivity index (χ0v) is 18.9. The molecule has 6 rings (SSSR count). The van der Waals surface area contributed by atoms with Gasteiger partial charge in [-0.2, -0.15) is 0 Å². The van der Waals surface area contributed by atoms with Crippen molar-refractivity contribution in [1.29, 1.82) is 0 Å². The summed E-state index contributed by atoms with van der Waals surface area (Å²) in [5.74, 6) is 0. The van der Waals surface area contributed by atoms with Gasteiger partial charge in [0, 0.05) is 16.2 Å². The maximum absolute atomic E-state index is 14.6. The Balaban J connectivity index is 1.66. The lowest BCUT2D eigenvalue weighted by molar-refractivity contribution is 0.644. The quantitative estimate of drug-likeness (QED) is 0.320. The van der Waals surface area contributed by atoms with E-state index in [9.17, 15) is 8.42 Å². The van der Waals surface area contributed by atoms with Gasteiger partial charge in [0.05, 0.1) is 21.6 Å². The minimum absolute atomic E-state index is 0.473. The maximum Gasteiger partial charge on any atom is 0.159 e. The molecule has 1 aliphatic rings. The van der Waals surface area contributed by atoms with Gasteiger partial charge in [-0.3, -0.25) is 8.42 Å². The molecule has 5 aromatic rings. The van der Waals surface area contributed by atoms with Crippen LogP contribution in [0.25, 0.3) is 21.5 Å². The summed E-state index contributed by atoms with van der Waals surface area (Å²) < 4.78 is 27.9. The second kappa shape index (κ2) is 7.51. The van der Waals surface area contributed by atoms with E-state index in [0.29, 0.717) is 11.3 Å². The Bertz CT molecular complexity index is 1530. The van der Waals surface area contributed by atoms with Crippen molar-refractivity contribution in [2.75, 3.05) is 0 Å². The molecule has 0 fully saturated rings. The molecule has 0 aromatic heterocycles. The van der Waals surface area contributed by atoms with E-state index in [2.05, 4.69) is 18.2 Å². The van der Waals surface area contributed by atoms with Crippen molar-refractivity contribution in [2.45, 2.75) is 20.3 Å². The summed E-state index contributed by atoms with van der Waals surface area (Å²) in [5.41, 5.74) is 2.02. The van der Waals surface area contributed by atoms with E-state index in [4.69, 9.17) is 0 Å². The van der Waals surface area contributed by atoms with Crippen LogP contribution in [0.15, 0.2) is 119 Å². The highest BCUT2D eigenvalue weighted by atomic mass is 32.2. The third kappa shape index (κ3) is 2.76. The van der Waals surface area contributed by atoms with Crippen molar-refractivity contribution in [1.82, 2.24) is 0 Å². The highest BCUT2D eigenvalue weighted by Gasteiger charge is 2.51. The molecule has 0 spiro atoms. The zero-order valence-electron chi connectivity index (χ0n) is 17.2. The monoisotopic (exact) mass is 452 g/mol. The molecule has 0 heterocycles. The average Bonchev–Trinajstić information content (AvgIpc) is 3.20. The van der Waals surface area contributed by atoms with Gasteiger partial charge in [0.2, 0.25) is 0 Å². The number of rotatable bonds is 4. The molecule has 2 nitrogen and oxygen atoms in total. The van der Waals surface area contributed by atoms with Crippen LogP contribution in [0.5, 0.6) is 0 Å². The minimum Gasteiger partial charge on any atom is -0.252 e. The van der Waals surface area contributed by atoms with Crippen LogP contribution in [-0.2, 0) is 32.1 Å². The van der Waals surface area contributed by atoms with Crippen molar-refractivity contribution >= 4 is 43.1 Å². The second-order valence-electron chi connectivity index (χ2n) is 8.08. The molecule has 0 saturated heterocycles. The van der Waals surface area contributed by atoms with Crippen LogP contribution in [0.1, 0.15) is 11.1 Å². The standard InChI is InChI=1S/C28H20O2S2/c29-31(23-14-2-1-3-15-23)28(19-22-13-6-11-21-12-7-17-25(28)27(21)22)32(30)26-18-8-10-20-9-4-5-16-24(20)26/h1-18H,19H2. The maximum atomic E-state index is 14.6. The van der Waals surface area contributed by atoms with E-state index in [1.807, 2.05) is 91.0 Å². The lowest BCUT2D eigenvalue weighted by Crippen LogP contribution is -2.36. The van der Waals surface area contributed by atoms with Crippen LogP contribution in [-0.4, -0.2) is 8.42 Å². The van der Waals surface area contributed by atoms with Gasteiger partial charge in [-0.05, 0) is 50.9 Å². The second-order valence-corrected chi connectivity index (χ2v) is 11.7. The Kier molecular flexibility index (Phi) is 4.60. The normalized spacial score (nSPS) is 19.2. The van der Waals surface area contributed by atoms with E-state index in [0.717, 1.165) is 37.6 Å². The molecule has 0 amide bonds. The van der Waals surface area contributed by atoms with Gasteiger partial charge in [-0.1, -0.05) is 91.0 Å². The summed E-state index contributed by atoms with van der Waals surface area (Å²) in [5, 5.41) is 4.17. The molecule has 5 aromatic carbocycles. The number of benzene rings is 5. The third-order valence-corrected chi connectivity index (χ3v) is 10.6. The molecular formula is C28H20O2S2. The van der Waals surface area contributed by atoms with Gasteiger partial charge in [-0.15, -0.1) is 0 Å². The molecule has 0 aliphatic heterocycles. The Morgan fingerprint density at radius 2 is 1.25 bits per heavy atom. The molecule has 4 heteroatoms. The molecule has 32 heavy (non-hydrogen) atoms. The smallest absolute Gasteiger partial charge is 0.159 e. The van der Waals surface area contributed by atoms with Gasteiger partial charge in [0.15, 0.2) is 4.08 Å². The molecule has 0 N–H and O–H groups in total. The summed E-state index contributed by atoms with van der Waals surface area (Å²) >= 11 is 0. The Hall–Kier alpha value is -3.08. The van der Waals surface area contributed by atoms with Crippen LogP contribution in [0, 0.1) is 0 Å². The fraction of sp³-hybridized carbons (Fsp3) is 0.0714. The first-order valence-corrected chi connectivity index (χ1v) is 12.9. The fourth-order valence-corrected chi connectivity index (χ4v) is 9.05. The fourth-order valence-electron chi connectivity index (χ4n) is 4.90. The SMILES string of the molecule is O=S(c1ccccc1)C1(S(=O)c2cccc3ccccc23)Cc2cccc3cccc1c23. The first-order valence-electron chi connectivity index (χ1n) is 10.6. The summed E-state index contributed by atoms with van der Waals surface area (Å²) in [6, 6.07) is 35.6. The molecule has 3 atom stereocenters. The van der Waals surface area contributed by atoms with E-state index < -0.39 is 25.7 Å². The van der Waals surface area contributed by atoms with Crippen molar-refractivity contribution in [3.8, 4) is 0 Å². The lowest BCUT2D eigenvalue weighted by atomic mass is 10.1. The predicted octanol–water partition coefficient (Wildman–Crippen LogP) is 6.32. The number of hydrogen-bond acceptors (Lipinski definition) is 2. The zero-order chi connectivity index (χ0) is 21.7. The predicted molar refractivity (Wildman–Crippen MR) is 133 cm³/mol. The molecule has 0 bridgehead atoms. The molecule has 0 radical (unpaired) electrons. The van der Waals surface area contributed by atoms with Crippen molar-refractivity contribution in [3.05, 3.63) is 120 Å². The van der Waals surface area contributed by atoms with Crippen LogP contribution in [0.2, 0.25) is 0 Å². The Morgan fingerprint density at radius 3 is 2.09 bits per heavy atom. The van der Waals surface area contributed by atoms with Crippen LogP contribution >= 0.6 is 0 Å². The van der Waals surface area contributed by atoms with E-state index >= 15 is 0 Å². The van der Waals surface area contributed by atoms with Crippen molar-refractivity contribution in [3.63, 3.8) is 0 Å². The van der Waals surface area contributed by atoms with Crippen molar-refractivity contribution < 1.29 is 8.42 Å². The van der Waals surface area contributed by atoms with Crippen molar-refractivity contribution in [2.24, 2.45) is 0 Å². The largest absolute Gasteiger partial charge is 0.252 e. The van der Waals surface area contributed by atoms with Gasteiger partial charge in [0.25, 0.3) is 0 Å². The van der Waals surface area contributed by atoms with Gasteiger partial charge in [-0.25, -0.2) is 0 Å². The summed E-state index contributed by atoms with van der Waals surface area (Å²) in [7, 11) is -3.08. The average molecular weight is 453 g/mol. The summed E-state index contributed by atoms with van der Waals surface area (Å²) in [6.45, 7) is 0. The van der Waals surface area contributed by atoms with Gasteiger partial charge < -0.3 is 0 Å². The molecule has 1 aliphatic carbocycles. The van der Waals surface area contributed by atoms with Crippen LogP contribution in [0.3, 0.4) is 0 Å².